The van der Waals surface area contributed by atoms with Gasteiger partial charge in [-0.1, -0.05) is 0 Å². The highest BCUT2D eigenvalue weighted by Crippen LogP contribution is 2.25. The smallest absolute Gasteiger partial charge is 0.255 e. The molecule has 1 unspecified atom stereocenters. The van der Waals surface area contributed by atoms with Gasteiger partial charge in [-0.25, -0.2) is 4.98 Å². The Labute approximate surface area is 159 Å². The first-order valence-electron chi connectivity index (χ1n) is 9.40. The van der Waals surface area contributed by atoms with Crippen molar-refractivity contribution < 1.29 is 14.6 Å². The third-order valence-electron chi connectivity index (χ3n) is 5.33. The van der Waals surface area contributed by atoms with Gasteiger partial charge in [0.2, 0.25) is 0 Å². The van der Waals surface area contributed by atoms with Crippen LogP contribution in [0.3, 0.4) is 0 Å². The number of likely N-dealkylation sites (tertiary alicyclic amines) is 1. The maximum Gasteiger partial charge on any atom is 0.255 e. The molecule has 0 radical (unpaired) electrons. The standard InChI is InChI=1S/C19H27N5O3/c1-27-13-12-24-7-3-5-19(26,18(24)25)15-22-8-10-23(11-9-22)17-16(14-20)4-2-6-21-17/h2,4,6,26H,3,5,7-13,15H2,1H3. The zero-order valence-electron chi connectivity index (χ0n) is 15.8. The van der Waals surface area contributed by atoms with E-state index in [0.717, 1.165) is 19.5 Å². The minimum Gasteiger partial charge on any atom is -0.383 e. The summed E-state index contributed by atoms with van der Waals surface area (Å²) in [6.45, 7) is 4.87. The molecule has 0 saturated carbocycles. The van der Waals surface area contributed by atoms with E-state index in [2.05, 4.69) is 20.9 Å². The molecule has 3 rings (SSSR count). The minimum atomic E-state index is -1.32. The fraction of sp³-hybridized carbons (Fsp3) is 0.632. The Morgan fingerprint density at radius 3 is 2.81 bits per heavy atom. The molecule has 27 heavy (non-hydrogen) atoms. The SMILES string of the molecule is COCCN1CCCC(O)(CN2CCN(c3ncccc3C#N)CC2)C1=O. The molecule has 2 aliphatic heterocycles. The number of nitrogens with zero attached hydrogens (tertiary/aromatic N) is 5. The van der Waals surface area contributed by atoms with E-state index in [0.29, 0.717) is 57.1 Å². The number of nitriles is 1. The van der Waals surface area contributed by atoms with Crippen LogP contribution >= 0.6 is 0 Å². The van der Waals surface area contributed by atoms with Crippen molar-refractivity contribution >= 4 is 11.7 Å². The summed E-state index contributed by atoms with van der Waals surface area (Å²) in [4.78, 5) is 23.0. The number of piperidine rings is 1. The molecule has 1 N–H and O–H groups in total. The van der Waals surface area contributed by atoms with Crippen LogP contribution in [0.15, 0.2) is 18.3 Å². The molecule has 0 aliphatic carbocycles. The lowest BCUT2D eigenvalue weighted by atomic mass is 9.91. The van der Waals surface area contributed by atoms with E-state index < -0.39 is 5.60 Å². The molecule has 8 nitrogen and oxygen atoms in total. The van der Waals surface area contributed by atoms with Crippen molar-refractivity contribution in [3.05, 3.63) is 23.9 Å². The number of carbonyl (C=O) groups excluding carboxylic acids is 1. The largest absolute Gasteiger partial charge is 0.383 e. The van der Waals surface area contributed by atoms with Gasteiger partial charge in [-0.15, -0.1) is 0 Å². The van der Waals surface area contributed by atoms with Crippen molar-refractivity contribution in [2.45, 2.75) is 18.4 Å². The average Bonchev–Trinajstić information content (AvgIpc) is 2.70. The number of aromatic nitrogens is 1. The van der Waals surface area contributed by atoms with Crippen molar-refractivity contribution in [2.75, 3.05) is 64.4 Å². The number of ether oxygens (including phenoxy) is 1. The fourth-order valence-electron chi connectivity index (χ4n) is 3.85. The maximum atomic E-state index is 12.7. The van der Waals surface area contributed by atoms with Crippen molar-refractivity contribution in [1.29, 1.82) is 5.26 Å². The van der Waals surface area contributed by atoms with Crippen LogP contribution in [0.25, 0.3) is 0 Å². The predicted octanol–water partition coefficient (Wildman–Crippen LogP) is 0.0752. The lowest BCUT2D eigenvalue weighted by Crippen LogP contribution is -2.61. The number of amides is 1. The zero-order chi connectivity index (χ0) is 19.3. The van der Waals surface area contributed by atoms with Crippen LogP contribution in [0.2, 0.25) is 0 Å². The topological polar surface area (TPSA) is 92.9 Å². The zero-order valence-corrected chi connectivity index (χ0v) is 15.8. The molecule has 1 aromatic heterocycles. The molecular weight excluding hydrogens is 346 g/mol. The van der Waals surface area contributed by atoms with Crippen LogP contribution in [-0.4, -0.2) is 90.9 Å². The van der Waals surface area contributed by atoms with E-state index in [1.165, 1.54) is 0 Å². The van der Waals surface area contributed by atoms with Crippen molar-refractivity contribution in [1.82, 2.24) is 14.8 Å². The Morgan fingerprint density at radius 2 is 2.11 bits per heavy atom. The number of hydrogen-bond acceptors (Lipinski definition) is 7. The Balaban J connectivity index is 1.58. The summed E-state index contributed by atoms with van der Waals surface area (Å²) >= 11 is 0. The second kappa shape index (κ2) is 8.65. The average molecular weight is 373 g/mol. The van der Waals surface area contributed by atoms with Gasteiger partial charge >= 0.3 is 0 Å². The number of methoxy groups -OCH3 is 1. The van der Waals surface area contributed by atoms with E-state index in [4.69, 9.17) is 4.74 Å². The number of pyridine rings is 1. The Bertz CT molecular complexity index is 699. The quantitative estimate of drug-likeness (QED) is 0.754. The number of rotatable bonds is 6. The van der Waals surface area contributed by atoms with Gasteiger partial charge in [-0.05, 0) is 25.0 Å². The van der Waals surface area contributed by atoms with E-state index >= 15 is 0 Å². The van der Waals surface area contributed by atoms with Gasteiger partial charge in [-0.2, -0.15) is 5.26 Å². The van der Waals surface area contributed by atoms with Gasteiger partial charge in [0, 0.05) is 59.1 Å². The normalized spacial score (nSPS) is 24.1. The molecule has 8 heteroatoms. The Morgan fingerprint density at radius 1 is 1.33 bits per heavy atom. The van der Waals surface area contributed by atoms with Gasteiger partial charge < -0.3 is 19.6 Å². The second-order valence-electron chi connectivity index (χ2n) is 7.17. The van der Waals surface area contributed by atoms with Gasteiger partial charge in [0.15, 0.2) is 5.60 Å². The Kier molecular flexibility index (Phi) is 6.26. The van der Waals surface area contributed by atoms with Gasteiger partial charge in [0.05, 0.1) is 12.2 Å². The number of hydrogen-bond donors (Lipinski definition) is 1. The summed E-state index contributed by atoms with van der Waals surface area (Å²) in [6.07, 6.45) is 2.99. The number of carbonyl (C=O) groups is 1. The highest BCUT2D eigenvalue weighted by Gasteiger charge is 2.43. The van der Waals surface area contributed by atoms with Crippen LogP contribution in [0.1, 0.15) is 18.4 Å². The number of aliphatic hydroxyl groups is 1. The first-order chi connectivity index (χ1) is 13.1. The van der Waals surface area contributed by atoms with Gasteiger partial charge in [-0.3, -0.25) is 9.69 Å². The predicted molar refractivity (Wildman–Crippen MR) is 100 cm³/mol. The highest BCUT2D eigenvalue weighted by molar-refractivity contribution is 5.86. The summed E-state index contributed by atoms with van der Waals surface area (Å²) in [5, 5.41) is 20.2. The van der Waals surface area contributed by atoms with Crippen LogP contribution in [0.5, 0.6) is 0 Å². The van der Waals surface area contributed by atoms with E-state index in [1.54, 1.807) is 30.3 Å². The molecule has 146 valence electrons. The molecule has 3 heterocycles. The molecule has 0 bridgehead atoms. The van der Waals surface area contributed by atoms with Crippen LogP contribution in [0, 0.1) is 11.3 Å². The van der Waals surface area contributed by atoms with Crippen LogP contribution < -0.4 is 4.90 Å². The lowest BCUT2D eigenvalue weighted by molar-refractivity contribution is -0.160. The third-order valence-corrected chi connectivity index (χ3v) is 5.33. The second-order valence-corrected chi connectivity index (χ2v) is 7.17. The molecule has 0 aromatic carbocycles. The Hall–Kier alpha value is -2.21. The van der Waals surface area contributed by atoms with Crippen LogP contribution in [0.4, 0.5) is 5.82 Å². The van der Waals surface area contributed by atoms with E-state index in [1.807, 2.05) is 0 Å². The van der Waals surface area contributed by atoms with E-state index in [-0.39, 0.29) is 5.91 Å². The van der Waals surface area contributed by atoms with Gasteiger partial charge in [0.1, 0.15) is 11.9 Å². The lowest BCUT2D eigenvalue weighted by Gasteiger charge is -2.43. The summed E-state index contributed by atoms with van der Waals surface area (Å²) < 4.78 is 5.06. The summed E-state index contributed by atoms with van der Waals surface area (Å²) in [6, 6.07) is 5.72. The molecule has 2 saturated heterocycles. The van der Waals surface area contributed by atoms with E-state index in [9.17, 15) is 15.2 Å². The first-order valence-corrected chi connectivity index (χ1v) is 9.40. The molecule has 1 amide bonds. The maximum absolute atomic E-state index is 12.7. The number of piperazine rings is 1. The summed E-state index contributed by atoms with van der Waals surface area (Å²) in [7, 11) is 1.61. The molecule has 2 fully saturated rings. The highest BCUT2D eigenvalue weighted by atomic mass is 16.5. The molecule has 1 aromatic rings. The third kappa shape index (κ3) is 4.38. The number of β-amino-alcohol motifs (C(OH)–C–C–N with tert-alkyl or cyclic N) is 1. The minimum absolute atomic E-state index is 0.190. The number of anilines is 1. The summed E-state index contributed by atoms with van der Waals surface area (Å²) in [5.74, 6) is 0.516. The first kappa shape index (κ1) is 19.5. The van der Waals surface area contributed by atoms with Crippen molar-refractivity contribution in [3.8, 4) is 6.07 Å². The van der Waals surface area contributed by atoms with Crippen molar-refractivity contribution in [2.24, 2.45) is 0 Å². The fourth-order valence-corrected chi connectivity index (χ4v) is 3.85. The summed E-state index contributed by atoms with van der Waals surface area (Å²) in [5.41, 5.74) is -0.752. The van der Waals surface area contributed by atoms with Crippen LogP contribution in [-0.2, 0) is 9.53 Å². The van der Waals surface area contributed by atoms with Gasteiger partial charge in [0.25, 0.3) is 5.91 Å². The molecular formula is C19H27N5O3. The molecule has 2 aliphatic rings. The van der Waals surface area contributed by atoms with Crippen molar-refractivity contribution in [3.63, 3.8) is 0 Å². The monoisotopic (exact) mass is 373 g/mol. The molecule has 0 spiro atoms. The molecule has 1 atom stereocenters.